The molecule has 1 aromatic carbocycles. The Morgan fingerprint density at radius 3 is 3.04 bits per heavy atom. The molecular weight excluding hydrogens is 348 g/mol. The van der Waals surface area contributed by atoms with Crippen LogP contribution in [0, 0.1) is 6.92 Å². The van der Waals surface area contributed by atoms with Crippen LogP contribution >= 0.6 is 0 Å². The number of anilines is 1. The largest absolute Gasteiger partial charge is 0.490 e. The average molecular weight is 368 g/mol. The molecule has 1 aliphatic rings. The Balaban J connectivity index is 1.58. The first kappa shape index (κ1) is 17.1. The number of carbonyl (C=O) groups is 1. The van der Waals surface area contributed by atoms with Crippen LogP contribution in [0.3, 0.4) is 0 Å². The van der Waals surface area contributed by atoms with Gasteiger partial charge in [-0.2, -0.15) is 4.98 Å². The van der Waals surface area contributed by atoms with Crippen molar-refractivity contribution in [3.05, 3.63) is 48.3 Å². The summed E-state index contributed by atoms with van der Waals surface area (Å²) < 4.78 is 11.7. The molecule has 8 heteroatoms. The molecule has 4 rings (SSSR count). The predicted octanol–water partition coefficient (Wildman–Crippen LogP) is 2.78. The summed E-state index contributed by atoms with van der Waals surface area (Å²) >= 11 is 0. The number of hydrogen-bond acceptors (Lipinski definition) is 6. The summed E-state index contributed by atoms with van der Waals surface area (Å²) in [6.07, 6.45) is 2.37. The van der Waals surface area contributed by atoms with Crippen molar-refractivity contribution in [2.24, 2.45) is 0 Å². The standard InChI is InChI=1S/C19H20N4O4/c1-13-4-5-17-16(9-13)21-18(27-17)23-8-7-22(19(24)25)11-14(23)12-26-15-3-2-6-20-10-15/h2-6,9-10,14H,7-8,11-12H2,1H3,(H,24,25). The van der Waals surface area contributed by atoms with E-state index in [0.717, 1.165) is 11.1 Å². The van der Waals surface area contributed by atoms with Gasteiger partial charge in [-0.25, -0.2) is 4.79 Å². The van der Waals surface area contributed by atoms with Crippen LogP contribution in [0.1, 0.15) is 5.56 Å². The third-order valence-corrected chi connectivity index (χ3v) is 4.61. The fraction of sp³-hybridized carbons (Fsp3) is 0.316. The molecular formula is C19H20N4O4. The molecule has 3 aromatic rings. The average Bonchev–Trinajstić information content (AvgIpc) is 3.09. The Hall–Kier alpha value is -3.29. The van der Waals surface area contributed by atoms with Crippen LogP contribution in [0.5, 0.6) is 5.75 Å². The number of fused-ring (bicyclic) bond motifs is 1. The summed E-state index contributed by atoms with van der Waals surface area (Å²) in [7, 11) is 0. The lowest BCUT2D eigenvalue weighted by atomic mass is 10.2. The van der Waals surface area contributed by atoms with Gasteiger partial charge in [0.15, 0.2) is 5.58 Å². The molecule has 1 unspecified atom stereocenters. The number of aromatic nitrogens is 2. The molecule has 1 amide bonds. The number of benzene rings is 1. The SMILES string of the molecule is Cc1ccc2oc(N3CCN(C(=O)O)CC3COc3cccnc3)nc2c1. The second-order valence-corrected chi connectivity index (χ2v) is 6.54. The zero-order chi connectivity index (χ0) is 18.8. The van der Waals surface area contributed by atoms with E-state index in [1.54, 1.807) is 18.5 Å². The van der Waals surface area contributed by atoms with Gasteiger partial charge in [0.1, 0.15) is 17.9 Å². The van der Waals surface area contributed by atoms with Crippen LogP contribution in [-0.2, 0) is 0 Å². The Kier molecular flexibility index (Phi) is 4.53. The number of oxazole rings is 1. The number of piperazine rings is 1. The van der Waals surface area contributed by atoms with Gasteiger partial charge in [-0.3, -0.25) is 4.98 Å². The van der Waals surface area contributed by atoms with Crippen LogP contribution in [-0.4, -0.2) is 58.4 Å². The molecule has 0 spiro atoms. The number of carboxylic acid groups (broad SMARTS) is 1. The van der Waals surface area contributed by atoms with E-state index in [2.05, 4.69) is 9.97 Å². The minimum atomic E-state index is -0.936. The molecule has 1 aliphatic heterocycles. The lowest BCUT2D eigenvalue weighted by molar-refractivity contribution is 0.125. The Labute approximate surface area is 156 Å². The Morgan fingerprint density at radius 1 is 1.37 bits per heavy atom. The highest BCUT2D eigenvalue weighted by Gasteiger charge is 2.32. The smallest absolute Gasteiger partial charge is 0.407 e. The van der Waals surface area contributed by atoms with Gasteiger partial charge in [0.05, 0.1) is 12.2 Å². The molecule has 1 N–H and O–H groups in total. The molecule has 0 saturated carbocycles. The van der Waals surface area contributed by atoms with E-state index < -0.39 is 6.09 Å². The van der Waals surface area contributed by atoms with Gasteiger partial charge in [0, 0.05) is 25.8 Å². The van der Waals surface area contributed by atoms with E-state index in [-0.39, 0.29) is 6.04 Å². The number of hydrogen-bond donors (Lipinski definition) is 1. The van der Waals surface area contributed by atoms with E-state index in [9.17, 15) is 9.90 Å². The maximum absolute atomic E-state index is 11.4. The summed E-state index contributed by atoms with van der Waals surface area (Å²) in [6.45, 7) is 3.49. The van der Waals surface area contributed by atoms with Crippen LogP contribution in [0.25, 0.3) is 11.1 Å². The quantitative estimate of drug-likeness (QED) is 0.757. The van der Waals surface area contributed by atoms with E-state index in [4.69, 9.17) is 9.15 Å². The van der Waals surface area contributed by atoms with Gasteiger partial charge in [-0.05, 0) is 36.8 Å². The second kappa shape index (κ2) is 7.14. The maximum atomic E-state index is 11.4. The number of ether oxygens (including phenoxy) is 1. The molecule has 1 saturated heterocycles. The monoisotopic (exact) mass is 368 g/mol. The summed E-state index contributed by atoms with van der Waals surface area (Å²) in [4.78, 5) is 23.4. The second-order valence-electron chi connectivity index (χ2n) is 6.54. The molecule has 0 radical (unpaired) electrons. The molecule has 0 aliphatic carbocycles. The van der Waals surface area contributed by atoms with Crippen molar-refractivity contribution < 1.29 is 19.1 Å². The number of rotatable bonds is 4. The lowest BCUT2D eigenvalue weighted by Crippen LogP contribution is -2.56. The van der Waals surface area contributed by atoms with Gasteiger partial charge in [-0.1, -0.05) is 6.07 Å². The number of pyridine rings is 1. The summed E-state index contributed by atoms with van der Waals surface area (Å²) in [5.74, 6) is 0.637. The molecule has 140 valence electrons. The first-order valence-corrected chi connectivity index (χ1v) is 8.75. The molecule has 0 bridgehead atoms. The maximum Gasteiger partial charge on any atom is 0.407 e. The molecule has 3 heterocycles. The van der Waals surface area contributed by atoms with Gasteiger partial charge >= 0.3 is 6.09 Å². The van der Waals surface area contributed by atoms with Crippen LogP contribution < -0.4 is 9.64 Å². The summed E-state index contributed by atoms with van der Waals surface area (Å²) in [6, 6.07) is 9.72. The van der Waals surface area contributed by atoms with E-state index >= 15 is 0 Å². The first-order chi connectivity index (χ1) is 13.1. The highest BCUT2D eigenvalue weighted by molar-refractivity contribution is 5.75. The van der Waals surface area contributed by atoms with Crippen LogP contribution in [0.4, 0.5) is 10.8 Å². The highest BCUT2D eigenvalue weighted by Crippen LogP contribution is 2.26. The summed E-state index contributed by atoms with van der Waals surface area (Å²) in [5, 5.41) is 9.36. The molecule has 8 nitrogen and oxygen atoms in total. The minimum absolute atomic E-state index is 0.218. The van der Waals surface area contributed by atoms with Gasteiger partial charge in [0.25, 0.3) is 6.01 Å². The van der Waals surface area contributed by atoms with Crippen molar-refractivity contribution in [3.8, 4) is 5.75 Å². The third kappa shape index (κ3) is 3.64. The van der Waals surface area contributed by atoms with Gasteiger partial charge in [0.2, 0.25) is 0 Å². The molecule has 1 atom stereocenters. The fourth-order valence-corrected chi connectivity index (χ4v) is 3.20. The topological polar surface area (TPSA) is 91.9 Å². The van der Waals surface area contributed by atoms with Gasteiger partial charge in [-0.15, -0.1) is 0 Å². The number of aryl methyl sites for hydroxylation is 1. The van der Waals surface area contributed by atoms with Gasteiger partial charge < -0.3 is 24.1 Å². The number of nitrogens with zero attached hydrogens (tertiary/aromatic N) is 4. The lowest BCUT2D eigenvalue weighted by Gasteiger charge is -2.39. The zero-order valence-electron chi connectivity index (χ0n) is 14.9. The van der Waals surface area contributed by atoms with Crippen molar-refractivity contribution >= 4 is 23.2 Å². The van der Waals surface area contributed by atoms with Crippen LogP contribution in [0.15, 0.2) is 47.1 Å². The normalized spacial score (nSPS) is 17.3. The predicted molar refractivity (Wildman–Crippen MR) is 99.2 cm³/mol. The van der Waals surface area contributed by atoms with Crippen molar-refractivity contribution in [2.45, 2.75) is 13.0 Å². The molecule has 2 aromatic heterocycles. The first-order valence-electron chi connectivity index (χ1n) is 8.75. The fourth-order valence-electron chi connectivity index (χ4n) is 3.20. The third-order valence-electron chi connectivity index (χ3n) is 4.61. The zero-order valence-corrected chi connectivity index (χ0v) is 14.9. The van der Waals surface area contributed by atoms with E-state index in [0.29, 0.717) is 43.6 Å². The number of amides is 1. The van der Waals surface area contributed by atoms with Crippen molar-refractivity contribution in [1.82, 2.24) is 14.9 Å². The highest BCUT2D eigenvalue weighted by atomic mass is 16.5. The van der Waals surface area contributed by atoms with Crippen molar-refractivity contribution in [3.63, 3.8) is 0 Å². The van der Waals surface area contributed by atoms with Crippen molar-refractivity contribution in [2.75, 3.05) is 31.1 Å². The van der Waals surface area contributed by atoms with Crippen LogP contribution in [0.2, 0.25) is 0 Å². The van der Waals surface area contributed by atoms with E-state index in [1.165, 1.54) is 4.90 Å². The summed E-state index contributed by atoms with van der Waals surface area (Å²) in [5.41, 5.74) is 2.61. The van der Waals surface area contributed by atoms with E-state index in [1.807, 2.05) is 36.1 Å². The Bertz CT molecular complexity index is 943. The Morgan fingerprint density at radius 2 is 2.26 bits per heavy atom. The minimum Gasteiger partial charge on any atom is -0.490 e. The van der Waals surface area contributed by atoms with Crippen molar-refractivity contribution in [1.29, 1.82) is 0 Å². The molecule has 1 fully saturated rings. The molecule has 27 heavy (non-hydrogen) atoms.